The molecule has 2 aromatic carbocycles. The Kier molecular flexibility index (Phi) is 5.52. The molecule has 0 saturated heterocycles. The maximum Gasteiger partial charge on any atom is 0.180 e. The van der Waals surface area contributed by atoms with Crippen molar-refractivity contribution in [2.45, 2.75) is 49.8 Å². The summed E-state index contributed by atoms with van der Waals surface area (Å²) in [6.45, 7) is 3.92. The van der Waals surface area contributed by atoms with Crippen molar-refractivity contribution in [1.29, 1.82) is 0 Å². The van der Waals surface area contributed by atoms with Crippen molar-refractivity contribution >= 4 is 39.5 Å². The number of benzene rings is 2. The average molecular weight is 460 g/mol. The molecule has 0 fully saturated rings. The molecule has 1 aliphatic heterocycles. The van der Waals surface area contributed by atoms with Gasteiger partial charge >= 0.3 is 0 Å². The first-order valence-corrected chi connectivity index (χ1v) is 12.0. The Hall–Kier alpha value is -2.88. The molecule has 170 valence electrons. The minimum absolute atomic E-state index is 0.101. The Labute approximate surface area is 187 Å². The van der Waals surface area contributed by atoms with Crippen molar-refractivity contribution in [2.24, 2.45) is 4.40 Å². The number of anilines is 2. The predicted molar refractivity (Wildman–Crippen MR) is 125 cm³/mol. The number of carbonyl (C=O) groups is 1. The maximum absolute atomic E-state index is 14.2. The Balaban J connectivity index is 1.96. The van der Waals surface area contributed by atoms with E-state index >= 15 is 0 Å². The van der Waals surface area contributed by atoms with Crippen molar-refractivity contribution in [1.82, 2.24) is 0 Å². The number of nitrogens with one attached hydrogen (secondary N) is 1. The van der Waals surface area contributed by atoms with E-state index < -0.39 is 27.8 Å². The number of hydrogen-bond donors (Lipinski definition) is 5. The van der Waals surface area contributed by atoms with Crippen LogP contribution in [0.3, 0.4) is 0 Å². The second-order valence-corrected chi connectivity index (χ2v) is 9.82. The van der Waals surface area contributed by atoms with Gasteiger partial charge in [-0.2, -0.15) is 0 Å². The molecule has 2 aromatic rings. The van der Waals surface area contributed by atoms with Gasteiger partial charge in [0, 0.05) is 11.3 Å². The topological polar surface area (TPSA) is 128 Å². The summed E-state index contributed by atoms with van der Waals surface area (Å²) in [7, 11) is -3.68. The fourth-order valence-electron chi connectivity index (χ4n) is 4.73. The first-order valence-electron chi connectivity index (χ1n) is 10.5. The number of fused-ring (bicyclic) bond motifs is 2. The van der Waals surface area contributed by atoms with Crippen LogP contribution in [-0.2, 0) is 10.2 Å². The number of aliphatic hydroxyl groups excluding tert-OH is 1. The number of carbonyl (C=O) groups excluding carboxylic acids is 1. The van der Waals surface area contributed by atoms with Gasteiger partial charge in [-0.3, -0.25) is 13.9 Å². The quantitative estimate of drug-likeness (QED) is 0.368. The summed E-state index contributed by atoms with van der Waals surface area (Å²) >= 11 is 0. The SMILES string of the molecule is CCCC1(CCC)C(=O)C(C2=NS(O)(O)c3cc(N)ccc3N2)=C(O)c2cc(F)ccc21. The van der Waals surface area contributed by atoms with Crippen molar-refractivity contribution in [3.63, 3.8) is 0 Å². The molecular weight excluding hydrogens is 433 g/mol. The number of aliphatic hydroxyl groups is 1. The monoisotopic (exact) mass is 459 g/mol. The van der Waals surface area contributed by atoms with Crippen molar-refractivity contribution in [3.8, 4) is 0 Å². The summed E-state index contributed by atoms with van der Waals surface area (Å²) in [5, 5.41) is 14.0. The van der Waals surface area contributed by atoms with Gasteiger partial charge in [0.05, 0.1) is 11.1 Å². The molecule has 0 amide bonds. The second-order valence-electron chi connectivity index (χ2n) is 8.16. The Morgan fingerprint density at radius 3 is 2.47 bits per heavy atom. The highest BCUT2D eigenvalue weighted by molar-refractivity contribution is 8.23. The predicted octanol–water partition coefficient (Wildman–Crippen LogP) is 5.65. The van der Waals surface area contributed by atoms with Crippen LogP contribution in [-0.4, -0.2) is 25.8 Å². The zero-order valence-electron chi connectivity index (χ0n) is 17.9. The molecule has 1 aliphatic carbocycles. The van der Waals surface area contributed by atoms with Crippen molar-refractivity contribution in [2.75, 3.05) is 11.1 Å². The van der Waals surface area contributed by atoms with E-state index in [-0.39, 0.29) is 27.7 Å². The molecule has 6 N–H and O–H groups in total. The van der Waals surface area contributed by atoms with Crippen LogP contribution in [0.15, 0.2) is 51.3 Å². The Morgan fingerprint density at radius 1 is 1.12 bits per heavy atom. The lowest BCUT2D eigenvalue weighted by Crippen LogP contribution is -2.44. The van der Waals surface area contributed by atoms with E-state index in [4.69, 9.17) is 5.73 Å². The molecule has 9 heteroatoms. The van der Waals surface area contributed by atoms with Crippen LogP contribution >= 0.6 is 10.8 Å². The molecule has 2 aliphatic rings. The van der Waals surface area contributed by atoms with Crippen LogP contribution in [0.5, 0.6) is 0 Å². The van der Waals surface area contributed by atoms with Gasteiger partial charge in [0.25, 0.3) is 0 Å². The summed E-state index contributed by atoms with van der Waals surface area (Å²) in [6, 6.07) is 8.58. The maximum atomic E-state index is 14.2. The van der Waals surface area contributed by atoms with E-state index in [1.165, 1.54) is 18.2 Å². The normalized spacial score (nSPS) is 19.5. The van der Waals surface area contributed by atoms with Gasteiger partial charge in [-0.15, -0.1) is 4.40 Å². The Morgan fingerprint density at radius 2 is 1.81 bits per heavy atom. The number of Topliss-reactive ketones (excluding diaryl/α,β-unsaturated/α-hetero) is 1. The highest BCUT2D eigenvalue weighted by Crippen LogP contribution is 2.57. The van der Waals surface area contributed by atoms with Gasteiger partial charge in [-0.1, -0.05) is 43.5 Å². The smallest absolute Gasteiger partial charge is 0.180 e. The molecule has 7 nitrogen and oxygen atoms in total. The van der Waals surface area contributed by atoms with Gasteiger partial charge < -0.3 is 16.2 Å². The third-order valence-corrected chi connectivity index (χ3v) is 7.38. The Bertz CT molecular complexity index is 1170. The second kappa shape index (κ2) is 7.91. The molecular formula is C23H26FN3O4S. The highest BCUT2D eigenvalue weighted by Gasteiger charge is 2.48. The van der Waals surface area contributed by atoms with Crippen LogP contribution in [0.4, 0.5) is 15.8 Å². The lowest BCUT2D eigenvalue weighted by atomic mass is 9.63. The molecule has 0 bridgehead atoms. The van der Waals surface area contributed by atoms with E-state index in [9.17, 15) is 23.4 Å². The number of rotatable bonds is 5. The van der Waals surface area contributed by atoms with Crippen LogP contribution in [0, 0.1) is 5.82 Å². The minimum Gasteiger partial charge on any atom is -0.506 e. The molecule has 0 atom stereocenters. The zero-order chi connectivity index (χ0) is 23.3. The molecule has 0 spiro atoms. The molecule has 4 rings (SSSR count). The minimum atomic E-state index is -3.68. The number of ketones is 1. The number of nitrogens with two attached hydrogens (primary N) is 1. The summed E-state index contributed by atoms with van der Waals surface area (Å²) in [6.07, 6.45) is 2.36. The number of nitrogen functional groups attached to an aromatic ring is 1. The zero-order valence-corrected chi connectivity index (χ0v) is 18.7. The number of nitrogens with zero attached hydrogens (tertiary/aromatic N) is 1. The third-order valence-electron chi connectivity index (χ3n) is 6.01. The van der Waals surface area contributed by atoms with Crippen LogP contribution < -0.4 is 11.1 Å². The third kappa shape index (κ3) is 3.37. The van der Waals surface area contributed by atoms with Gasteiger partial charge in [0.2, 0.25) is 0 Å². The summed E-state index contributed by atoms with van der Waals surface area (Å²) in [4.78, 5) is 14.1. The van der Waals surface area contributed by atoms with E-state index in [1.807, 2.05) is 13.8 Å². The van der Waals surface area contributed by atoms with Gasteiger partial charge in [0.15, 0.2) is 11.6 Å². The van der Waals surface area contributed by atoms with Crippen LogP contribution in [0.2, 0.25) is 0 Å². The van der Waals surface area contributed by atoms with Crippen molar-refractivity contribution < 1.29 is 23.4 Å². The van der Waals surface area contributed by atoms with Crippen molar-refractivity contribution in [3.05, 3.63) is 58.9 Å². The van der Waals surface area contributed by atoms with E-state index in [1.54, 1.807) is 18.2 Å². The number of amidine groups is 1. The first-order chi connectivity index (χ1) is 15.1. The summed E-state index contributed by atoms with van der Waals surface area (Å²) in [5.41, 5.74) is 6.05. The molecule has 0 aromatic heterocycles. The van der Waals surface area contributed by atoms with E-state index in [0.29, 0.717) is 42.6 Å². The number of halogens is 1. The average Bonchev–Trinajstić information content (AvgIpc) is 2.73. The fourth-order valence-corrected chi connectivity index (χ4v) is 5.93. The van der Waals surface area contributed by atoms with Gasteiger partial charge in [0.1, 0.15) is 22.0 Å². The lowest BCUT2D eigenvalue weighted by Gasteiger charge is -2.40. The fraction of sp³-hybridized carbons (Fsp3) is 0.304. The molecule has 0 radical (unpaired) electrons. The molecule has 0 saturated carbocycles. The molecule has 32 heavy (non-hydrogen) atoms. The highest BCUT2D eigenvalue weighted by atomic mass is 32.3. The van der Waals surface area contributed by atoms with Gasteiger partial charge in [-0.05, 0) is 48.7 Å². The van der Waals surface area contributed by atoms with E-state index in [2.05, 4.69) is 9.71 Å². The van der Waals surface area contributed by atoms with Crippen LogP contribution in [0.25, 0.3) is 5.76 Å². The van der Waals surface area contributed by atoms with Gasteiger partial charge in [-0.25, -0.2) is 4.39 Å². The molecule has 1 heterocycles. The van der Waals surface area contributed by atoms with Crippen LogP contribution in [0.1, 0.15) is 50.7 Å². The largest absolute Gasteiger partial charge is 0.506 e. The first kappa shape index (κ1) is 22.3. The summed E-state index contributed by atoms with van der Waals surface area (Å²) in [5.74, 6) is -1.52. The molecule has 0 unspecified atom stereocenters. The lowest BCUT2D eigenvalue weighted by molar-refractivity contribution is -0.121. The standard InChI is InChI=1S/C23H26FN3O4S/c1-3-9-23(10-4-2)16-7-5-13(24)11-15(16)20(28)19(21(23)29)22-26-17-8-6-14(25)12-18(17)32(30,31)27-22/h5-8,11-12,28,30-31H,3-4,9-10,25H2,1-2H3,(H,26,27). The number of hydrogen-bond acceptors (Lipinski definition) is 7. The summed E-state index contributed by atoms with van der Waals surface area (Å²) < 4.78 is 39.5. The van der Waals surface area contributed by atoms with E-state index in [0.717, 1.165) is 0 Å².